The number of hydrogen-bond acceptors (Lipinski definition) is 4. The van der Waals surface area contributed by atoms with Crippen LogP contribution in [-0.4, -0.2) is 4.98 Å². The average Bonchev–Trinajstić information content (AvgIpc) is 2.87. The predicted octanol–water partition coefficient (Wildman–Crippen LogP) is 3.18. The van der Waals surface area contributed by atoms with E-state index < -0.39 is 0 Å². The van der Waals surface area contributed by atoms with Crippen molar-refractivity contribution in [1.29, 1.82) is 0 Å². The van der Waals surface area contributed by atoms with E-state index in [-0.39, 0.29) is 11.9 Å². The normalized spacial score (nSPS) is 12.7. The van der Waals surface area contributed by atoms with Crippen LogP contribution in [0, 0.1) is 5.82 Å². The van der Waals surface area contributed by atoms with Gasteiger partial charge in [-0.05, 0) is 29.8 Å². The number of nitrogens with one attached hydrogen (secondary N) is 1. The minimum atomic E-state index is -0.257. The van der Waals surface area contributed by atoms with Crippen molar-refractivity contribution in [1.82, 2.24) is 10.4 Å². The van der Waals surface area contributed by atoms with Crippen LogP contribution in [0.3, 0.4) is 0 Å². The van der Waals surface area contributed by atoms with Crippen LogP contribution in [-0.2, 0) is 6.42 Å². The largest absolute Gasteiger partial charge is 0.271 e. The standard InChI is InChI=1S/C15H14FN3S/c16-11-5-3-4-10(8-11)13(19-17)9-15-18-12-6-1-2-7-14(12)20-15/h1-8,13,19H,9,17H2. The summed E-state index contributed by atoms with van der Waals surface area (Å²) in [7, 11) is 0. The lowest BCUT2D eigenvalue weighted by Gasteiger charge is -2.14. The second kappa shape index (κ2) is 5.66. The van der Waals surface area contributed by atoms with Crippen LogP contribution in [0.15, 0.2) is 48.5 Å². The Morgan fingerprint density at radius 1 is 1.20 bits per heavy atom. The molecular weight excluding hydrogens is 273 g/mol. The van der Waals surface area contributed by atoms with E-state index in [9.17, 15) is 4.39 Å². The van der Waals surface area contributed by atoms with E-state index in [4.69, 9.17) is 5.84 Å². The van der Waals surface area contributed by atoms with E-state index in [0.717, 1.165) is 20.8 Å². The maximum absolute atomic E-state index is 13.3. The number of nitrogens with two attached hydrogens (primary N) is 1. The van der Waals surface area contributed by atoms with Gasteiger partial charge in [-0.25, -0.2) is 9.37 Å². The number of para-hydroxylation sites is 1. The maximum Gasteiger partial charge on any atom is 0.123 e. The molecule has 1 aromatic heterocycles. The Hall–Kier alpha value is -1.82. The topological polar surface area (TPSA) is 50.9 Å². The first kappa shape index (κ1) is 13.2. The van der Waals surface area contributed by atoms with Gasteiger partial charge in [0, 0.05) is 6.42 Å². The summed E-state index contributed by atoms with van der Waals surface area (Å²) in [4.78, 5) is 4.58. The van der Waals surface area contributed by atoms with E-state index in [2.05, 4.69) is 10.4 Å². The van der Waals surface area contributed by atoms with Crippen molar-refractivity contribution in [3.63, 3.8) is 0 Å². The molecule has 3 rings (SSSR count). The number of thiazole rings is 1. The summed E-state index contributed by atoms with van der Waals surface area (Å²) in [6.45, 7) is 0. The monoisotopic (exact) mass is 287 g/mol. The molecule has 102 valence electrons. The molecule has 1 unspecified atom stereocenters. The van der Waals surface area contributed by atoms with Crippen LogP contribution < -0.4 is 11.3 Å². The lowest BCUT2D eigenvalue weighted by atomic mass is 10.0. The number of fused-ring (bicyclic) bond motifs is 1. The minimum absolute atomic E-state index is 0.147. The fourth-order valence-electron chi connectivity index (χ4n) is 2.18. The highest BCUT2D eigenvalue weighted by atomic mass is 32.1. The summed E-state index contributed by atoms with van der Waals surface area (Å²) < 4.78 is 14.4. The Kier molecular flexibility index (Phi) is 3.73. The predicted molar refractivity (Wildman–Crippen MR) is 79.8 cm³/mol. The first-order chi connectivity index (χ1) is 9.76. The number of rotatable bonds is 4. The van der Waals surface area contributed by atoms with Gasteiger partial charge in [-0.1, -0.05) is 24.3 Å². The van der Waals surface area contributed by atoms with E-state index in [1.54, 1.807) is 17.4 Å². The summed E-state index contributed by atoms with van der Waals surface area (Å²) in [5, 5.41) is 0.985. The average molecular weight is 287 g/mol. The first-order valence-corrected chi connectivity index (χ1v) is 7.14. The van der Waals surface area contributed by atoms with Crippen LogP contribution in [0.5, 0.6) is 0 Å². The van der Waals surface area contributed by atoms with Crippen molar-refractivity contribution >= 4 is 21.6 Å². The quantitative estimate of drug-likeness (QED) is 0.572. The summed E-state index contributed by atoms with van der Waals surface area (Å²) in [6.07, 6.45) is 0.638. The molecule has 0 amide bonds. The third-order valence-electron chi connectivity index (χ3n) is 3.17. The van der Waals surface area contributed by atoms with Crippen LogP contribution in [0.25, 0.3) is 10.2 Å². The van der Waals surface area contributed by atoms with Crippen molar-refractivity contribution in [2.75, 3.05) is 0 Å². The molecule has 5 heteroatoms. The molecule has 1 atom stereocenters. The summed E-state index contributed by atoms with van der Waals surface area (Å²) >= 11 is 1.64. The molecule has 0 spiro atoms. The number of benzene rings is 2. The third-order valence-corrected chi connectivity index (χ3v) is 4.23. The van der Waals surface area contributed by atoms with Gasteiger partial charge < -0.3 is 0 Å². The van der Waals surface area contributed by atoms with Gasteiger partial charge in [-0.3, -0.25) is 11.3 Å². The van der Waals surface area contributed by atoms with Crippen molar-refractivity contribution in [3.05, 3.63) is 64.9 Å². The van der Waals surface area contributed by atoms with E-state index in [1.165, 1.54) is 12.1 Å². The SMILES string of the molecule is NNC(Cc1nc2ccccc2s1)c1cccc(F)c1. The van der Waals surface area contributed by atoms with Crippen LogP contribution in [0.4, 0.5) is 4.39 Å². The lowest BCUT2D eigenvalue weighted by Crippen LogP contribution is -2.29. The zero-order chi connectivity index (χ0) is 13.9. The van der Waals surface area contributed by atoms with Gasteiger partial charge >= 0.3 is 0 Å². The van der Waals surface area contributed by atoms with Gasteiger partial charge in [0.2, 0.25) is 0 Å². The van der Waals surface area contributed by atoms with Gasteiger partial charge in [-0.2, -0.15) is 0 Å². The zero-order valence-electron chi connectivity index (χ0n) is 10.7. The lowest BCUT2D eigenvalue weighted by molar-refractivity contribution is 0.544. The minimum Gasteiger partial charge on any atom is -0.271 e. The summed E-state index contributed by atoms with van der Waals surface area (Å²) in [5.41, 5.74) is 4.55. The molecule has 0 aliphatic carbocycles. The number of hydrazine groups is 1. The Morgan fingerprint density at radius 3 is 2.80 bits per heavy atom. The highest BCUT2D eigenvalue weighted by molar-refractivity contribution is 7.18. The number of hydrogen-bond donors (Lipinski definition) is 2. The molecule has 0 saturated heterocycles. The van der Waals surface area contributed by atoms with E-state index >= 15 is 0 Å². The number of aromatic nitrogens is 1. The number of halogens is 1. The van der Waals surface area contributed by atoms with Gasteiger partial charge in [-0.15, -0.1) is 11.3 Å². The van der Waals surface area contributed by atoms with Crippen molar-refractivity contribution in [2.45, 2.75) is 12.5 Å². The van der Waals surface area contributed by atoms with Gasteiger partial charge in [0.15, 0.2) is 0 Å². The smallest absolute Gasteiger partial charge is 0.123 e. The fourth-order valence-corrected chi connectivity index (χ4v) is 3.19. The summed E-state index contributed by atoms with van der Waals surface area (Å²) in [5.74, 6) is 5.34. The third kappa shape index (κ3) is 2.70. The molecule has 3 nitrogen and oxygen atoms in total. The first-order valence-electron chi connectivity index (χ1n) is 6.32. The van der Waals surface area contributed by atoms with E-state index in [1.807, 2.05) is 30.3 Å². The van der Waals surface area contributed by atoms with Crippen LogP contribution >= 0.6 is 11.3 Å². The van der Waals surface area contributed by atoms with Crippen molar-refractivity contribution < 1.29 is 4.39 Å². The fraction of sp³-hybridized carbons (Fsp3) is 0.133. The second-order valence-electron chi connectivity index (χ2n) is 4.55. The summed E-state index contributed by atoms with van der Waals surface area (Å²) in [6, 6.07) is 14.3. The molecule has 0 aliphatic heterocycles. The number of nitrogens with zero attached hydrogens (tertiary/aromatic N) is 1. The highest BCUT2D eigenvalue weighted by Gasteiger charge is 2.14. The molecular formula is C15H14FN3S. The molecule has 0 radical (unpaired) electrons. The van der Waals surface area contributed by atoms with Gasteiger partial charge in [0.1, 0.15) is 5.82 Å². The Morgan fingerprint density at radius 2 is 2.05 bits per heavy atom. The molecule has 1 heterocycles. The molecule has 3 N–H and O–H groups in total. The molecule has 0 fully saturated rings. The Bertz CT molecular complexity index is 693. The Balaban J connectivity index is 1.87. The van der Waals surface area contributed by atoms with Crippen LogP contribution in [0.1, 0.15) is 16.6 Å². The van der Waals surface area contributed by atoms with Crippen molar-refractivity contribution in [2.24, 2.45) is 5.84 Å². The molecule has 20 heavy (non-hydrogen) atoms. The maximum atomic E-state index is 13.3. The molecule has 0 bridgehead atoms. The molecule has 0 aliphatic rings. The van der Waals surface area contributed by atoms with Gasteiger partial charge in [0.25, 0.3) is 0 Å². The molecule has 3 aromatic rings. The van der Waals surface area contributed by atoms with Gasteiger partial charge in [0.05, 0.1) is 21.3 Å². The second-order valence-corrected chi connectivity index (χ2v) is 5.67. The Labute approximate surface area is 120 Å². The van der Waals surface area contributed by atoms with E-state index in [0.29, 0.717) is 6.42 Å². The highest BCUT2D eigenvalue weighted by Crippen LogP contribution is 2.26. The van der Waals surface area contributed by atoms with Crippen molar-refractivity contribution in [3.8, 4) is 0 Å². The molecule has 0 saturated carbocycles. The molecule has 2 aromatic carbocycles. The zero-order valence-corrected chi connectivity index (χ0v) is 11.5. The van der Waals surface area contributed by atoms with Crippen LogP contribution in [0.2, 0.25) is 0 Å².